The van der Waals surface area contributed by atoms with Gasteiger partial charge in [-0.05, 0) is 19.3 Å². The molecule has 0 aliphatic carbocycles. The van der Waals surface area contributed by atoms with Crippen LogP contribution >= 0.6 is 11.6 Å². The number of alkyl halides is 1. The van der Waals surface area contributed by atoms with E-state index in [2.05, 4.69) is 0 Å². The van der Waals surface area contributed by atoms with E-state index in [0.29, 0.717) is 5.88 Å². The van der Waals surface area contributed by atoms with Gasteiger partial charge in [0.05, 0.1) is 6.10 Å². The zero-order valence-corrected chi connectivity index (χ0v) is 5.99. The Kier molecular flexibility index (Phi) is 5.56. The SMILES string of the molecule is CCC(O)CCCCl. The van der Waals surface area contributed by atoms with Crippen LogP contribution in [0.25, 0.3) is 0 Å². The van der Waals surface area contributed by atoms with Crippen LogP contribution in [0.3, 0.4) is 0 Å². The minimum atomic E-state index is -0.131. The van der Waals surface area contributed by atoms with E-state index in [1.54, 1.807) is 0 Å². The number of aliphatic hydroxyl groups is 1. The number of rotatable bonds is 4. The van der Waals surface area contributed by atoms with E-state index < -0.39 is 0 Å². The van der Waals surface area contributed by atoms with Crippen molar-refractivity contribution in [2.75, 3.05) is 5.88 Å². The summed E-state index contributed by atoms with van der Waals surface area (Å²) in [6.45, 7) is 1.97. The molecule has 0 aromatic rings. The summed E-state index contributed by atoms with van der Waals surface area (Å²) in [5.74, 6) is 0.664. The predicted octanol–water partition coefficient (Wildman–Crippen LogP) is 1.78. The molecule has 1 atom stereocenters. The van der Waals surface area contributed by atoms with Crippen LogP contribution in [0.15, 0.2) is 0 Å². The fraction of sp³-hybridized carbons (Fsp3) is 1.00. The molecule has 0 aromatic heterocycles. The standard InChI is InChI=1S/C6H13ClO/c1-2-6(8)4-3-5-7/h6,8H,2-5H2,1H3. The van der Waals surface area contributed by atoms with Crippen molar-refractivity contribution >= 4 is 11.6 Å². The molecule has 0 rings (SSSR count). The minimum absolute atomic E-state index is 0.131. The predicted molar refractivity (Wildman–Crippen MR) is 36.3 cm³/mol. The highest BCUT2D eigenvalue weighted by atomic mass is 35.5. The summed E-state index contributed by atoms with van der Waals surface area (Å²) in [6, 6.07) is 0. The maximum atomic E-state index is 8.93. The summed E-state index contributed by atoms with van der Waals surface area (Å²) in [5.41, 5.74) is 0. The Morgan fingerprint density at radius 1 is 1.62 bits per heavy atom. The lowest BCUT2D eigenvalue weighted by Crippen LogP contribution is -2.03. The zero-order chi connectivity index (χ0) is 6.41. The number of hydrogen-bond donors (Lipinski definition) is 1. The van der Waals surface area contributed by atoms with E-state index in [4.69, 9.17) is 16.7 Å². The average molecular weight is 137 g/mol. The van der Waals surface area contributed by atoms with E-state index >= 15 is 0 Å². The van der Waals surface area contributed by atoms with Crippen molar-refractivity contribution in [2.24, 2.45) is 0 Å². The first-order valence-electron chi connectivity index (χ1n) is 3.05. The largest absolute Gasteiger partial charge is 0.393 e. The van der Waals surface area contributed by atoms with Crippen molar-refractivity contribution < 1.29 is 5.11 Å². The van der Waals surface area contributed by atoms with Gasteiger partial charge in [-0.3, -0.25) is 0 Å². The van der Waals surface area contributed by atoms with Crippen LogP contribution in [-0.2, 0) is 0 Å². The molecule has 0 heterocycles. The highest BCUT2D eigenvalue weighted by Crippen LogP contribution is 2.00. The van der Waals surface area contributed by atoms with E-state index in [9.17, 15) is 0 Å². The molecule has 0 spiro atoms. The van der Waals surface area contributed by atoms with E-state index in [1.165, 1.54) is 0 Å². The molecule has 0 aromatic carbocycles. The highest BCUT2D eigenvalue weighted by Gasteiger charge is 1.97. The van der Waals surface area contributed by atoms with Crippen molar-refractivity contribution in [1.29, 1.82) is 0 Å². The van der Waals surface area contributed by atoms with Crippen LogP contribution in [0.4, 0.5) is 0 Å². The van der Waals surface area contributed by atoms with Crippen molar-refractivity contribution in [1.82, 2.24) is 0 Å². The summed E-state index contributed by atoms with van der Waals surface area (Å²) >= 11 is 5.39. The average Bonchev–Trinajstić information content (AvgIpc) is 1.83. The molecule has 0 aliphatic heterocycles. The van der Waals surface area contributed by atoms with Gasteiger partial charge in [0.2, 0.25) is 0 Å². The topological polar surface area (TPSA) is 20.2 Å². The molecule has 8 heavy (non-hydrogen) atoms. The summed E-state index contributed by atoms with van der Waals surface area (Å²) in [5, 5.41) is 8.93. The Labute approximate surface area is 55.7 Å². The van der Waals surface area contributed by atoms with Gasteiger partial charge in [-0.1, -0.05) is 6.92 Å². The van der Waals surface area contributed by atoms with Crippen LogP contribution in [0.2, 0.25) is 0 Å². The van der Waals surface area contributed by atoms with Crippen molar-refractivity contribution in [3.63, 3.8) is 0 Å². The molecule has 50 valence electrons. The minimum Gasteiger partial charge on any atom is -0.393 e. The smallest absolute Gasteiger partial charge is 0.0538 e. The van der Waals surface area contributed by atoms with Crippen molar-refractivity contribution in [2.45, 2.75) is 32.3 Å². The Morgan fingerprint density at radius 2 is 2.25 bits per heavy atom. The second-order valence-corrected chi connectivity index (χ2v) is 2.27. The molecule has 0 fully saturated rings. The highest BCUT2D eigenvalue weighted by molar-refractivity contribution is 6.17. The lowest BCUT2D eigenvalue weighted by molar-refractivity contribution is 0.159. The molecular formula is C6H13ClO. The maximum absolute atomic E-state index is 8.93. The van der Waals surface area contributed by atoms with Gasteiger partial charge >= 0.3 is 0 Å². The van der Waals surface area contributed by atoms with Crippen molar-refractivity contribution in [3.05, 3.63) is 0 Å². The first-order valence-corrected chi connectivity index (χ1v) is 3.58. The third kappa shape index (κ3) is 4.41. The first kappa shape index (κ1) is 8.25. The molecule has 0 amide bonds. The fourth-order valence-electron chi connectivity index (χ4n) is 0.517. The number of hydrogen-bond acceptors (Lipinski definition) is 1. The third-order valence-electron chi connectivity index (χ3n) is 1.14. The Balaban J connectivity index is 2.86. The van der Waals surface area contributed by atoms with Gasteiger partial charge in [0.1, 0.15) is 0 Å². The molecule has 1 nitrogen and oxygen atoms in total. The molecule has 1 unspecified atom stereocenters. The van der Waals surface area contributed by atoms with E-state index in [0.717, 1.165) is 19.3 Å². The first-order chi connectivity index (χ1) is 3.81. The molecular weight excluding hydrogens is 124 g/mol. The molecule has 0 radical (unpaired) electrons. The lowest BCUT2D eigenvalue weighted by atomic mass is 10.2. The summed E-state index contributed by atoms with van der Waals surface area (Å²) in [7, 11) is 0. The molecule has 0 aliphatic rings. The lowest BCUT2D eigenvalue weighted by Gasteiger charge is -2.03. The van der Waals surface area contributed by atoms with E-state index in [-0.39, 0.29) is 6.10 Å². The maximum Gasteiger partial charge on any atom is 0.0538 e. The number of aliphatic hydroxyl groups excluding tert-OH is 1. The summed E-state index contributed by atoms with van der Waals surface area (Å²) in [6.07, 6.45) is 2.49. The Bertz CT molecular complexity index is 47.8. The van der Waals surface area contributed by atoms with Gasteiger partial charge in [-0.2, -0.15) is 0 Å². The summed E-state index contributed by atoms with van der Waals surface area (Å²) < 4.78 is 0. The van der Waals surface area contributed by atoms with Gasteiger partial charge in [0.25, 0.3) is 0 Å². The zero-order valence-electron chi connectivity index (χ0n) is 5.23. The fourth-order valence-corrected chi connectivity index (χ4v) is 0.671. The van der Waals surface area contributed by atoms with Gasteiger partial charge in [-0.15, -0.1) is 11.6 Å². The van der Waals surface area contributed by atoms with Gasteiger partial charge in [0, 0.05) is 5.88 Å². The van der Waals surface area contributed by atoms with Crippen LogP contribution in [0.1, 0.15) is 26.2 Å². The van der Waals surface area contributed by atoms with Crippen LogP contribution in [-0.4, -0.2) is 17.1 Å². The molecule has 1 N–H and O–H groups in total. The third-order valence-corrected chi connectivity index (χ3v) is 1.41. The van der Waals surface area contributed by atoms with Crippen LogP contribution in [0, 0.1) is 0 Å². The second kappa shape index (κ2) is 5.39. The number of halogens is 1. The van der Waals surface area contributed by atoms with Crippen LogP contribution in [0.5, 0.6) is 0 Å². The molecule has 0 saturated carbocycles. The quantitative estimate of drug-likeness (QED) is 0.585. The van der Waals surface area contributed by atoms with Crippen molar-refractivity contribution in [3.8, 4) is 0 Å². The molecule has 0 saturated heterocycles. The second-order valence-electron chi connectivity index (χ2n) is 1.89. The Hall–Kier alpha value is 0.250. The monoisotopic (exact) mass is 136 g/mol. The van der Waals surface area contributed by atoms with Gasteiger partial charge < -0.3 is 5.11 Å². The van der Waals surface area contributed by atoms with Gasteiger partial charge in [-0.25, -0.2) is 0 Å². The molecule has 2 heteroatoms. The molecule has 0 bridgehead atoms. The van der Waals surface area contributed by atoms with Crippen LogP contribution < -0.4 is 0 Å². The summed E-state index contributed by atoms with van der Waals surface area (Å²) in [4.78, 5) is 0. The van der Waals surface area contributed by atoms with Gasteiger partial charge in [0.15, 0.2) is 0 Å². The normalized spacial score (nSPS) is 13.9. The van der Waals surface area contributed by atoms with E-state index in [1.807, 2.05) is 6.92 Å². The Morgan fingerprint density at radius 3 is 2.62 bits per heavy atom.